The summed E-state index contributed by atoms with van der Waals surface area (Å²) in [7, 11) is 0. The summed E-state index contributed by atoms with van der Waals surface area (Å²) in [5, 5.41) is 9.90. The predicted molar refractivity (Wildman–Crippen MR) is 53.8 cm³/mol. The second-order valence-corrected chi connectivity index (χ2v) is 3.83. The van der Waals surface area contributed by atoms with Gasteiger partial charge < -0.3 is 5.11 Å². The van der Waals surface area contributed by atoms with Crippen LogP contribution >= 0.6 is 0 Å². The molecule has 0 radical (unpaired) electrons. The monoisotopic (exact) mass is 323 g/mol. The standard InChI is InChI=1S/C10H21NO.Sm/c1-6-7-10(5,12)9(4)11-8(2)3;/h8,12H,6-7H2,1-5H3;. The van der Waals surface area contributed by atoms with Crippen LogP contribution in [0.1, 0.15) is 47.5 Å². The zero-order chi connectivity index (χ0) is 9.78. The van der Waals surface area contributed by atoms with Gasteiger partial charge in [0.2, 0.25) is 0 Å². The average Bonchev–Trinajstić information content (AvgIpc) is 1.85. The molecule has 0 aromatic heterocycles. The van der Waals surface area contributed by atoms with Gasteiger partial charge in [0.25, 0.3) is 0 Å². The van der Waals surface area contributed by atoms with Gasteiger partial charge in [-0.25, -0.2) is 0 Å². The molecule has 0 saturated heterocycles. The van der Waals surface area contributed by atoms with Crippen molar-refractivity contribution in [2.24, 2.45) is 4.99 Å². The van der Waals surface area contributed by atoms with E-state index in [0.717, 1.165) is 18.6 Å². The number of hydrogen-bond donors (Lipinski definition) is 1. The van der Waals surface area contributed by atoms with Gasteiger partial charge in [-0.1, -0.05) is 13.3 Å². The van der Waals surface area contributed by atoms with Crippen LogP contribution in [0, 0.1) is 40.4 Å². The minimum Gasteiger partial charge on any atom is -0.384 e. The zero-order valence-corrected chi connectivity index (χ0v) is 11.9. The first-order chi connectivity index (χ1) is 5.40. The third-order valence-electron chi connectivity index (χ3n) is 1.97. The number of aliphatic hydroxyl groups is 1. The van der Waals surface area contributed by atoms with E-state index in [0.29, 0.717) is 0 Å². The van der Waals surface area contributed by atoms with Crippen molar-refractivity contribution in [3.8, 4) is 0 Å². The van der Waals surface area contributed by atoms with Crippen molar-refractivity contribution < 1.29 is 45.5 Å². The van der Waals surface area contributed by atoms with E-state index in [1.54, 1.807) is 0 Å². The molecule has 0 saturated carbocycles. The Morgan fingerprint density at radius 2 is 1.92 bits per heavy atom. The molecule has 1 unspecified atom stereocenters. The van der Waals surface area contributed by atoms with E-state index in [2.05, 4.69) is 11.9 Å². The van der Waals surface area contributed by atoms with Gasteiger partial charge >= 0.3 is 0 Å². The molecule has 0 amide bonds. The Bertz CT molecular complexity index is 164. The molecule has 0 heterocycles. The van der Waals surface area contributed by atoms with Crippen molar-refractivity contribution in [1.82, 2.24) is 0 Å². The molecule has 0 fully saturated rings. The van der Waals surface area contributed by atoms with E-state index < -0.39 is 5.60 Å². The van der Waals surface area contributed by atoms with Crippen LogP contribution in [0.2, 0.25) is 0 Å². The topological polar surface area (TPSA) is 32.6 Å². The van der Waals surface area contributed by atoms with Crippen LogP contribution in [0.3, 0.4) is 0 Å². The maximum atomic E-state index is 9.90. The van der Waals surface area contributed by atoms with Crippen molar-refractivity contribution in [1.29, 1.82) is 0 Å². The van der Waals surface area contributed by atoms with Crippen molar-refractivity contribution in [2.75, 3.05) is 0 Å². The van der Waals surface area contributed by atoms with Crippen LogP contribution in [0.15, 0.2) is 4.99 Å². The molecule has 1 N–H and O–H groups in total. The van der Waals surface area contributed by atoms with Crippen molar-refractivity contribution in [3.05, 3.63) is 0 Å². The summed E-state index contributed by atoms with van der Waals surface area (Å²) in [6.07, 6.45) is 1.77. The summed E-state index contributed by atoms with van der Waals surface area (Å²) in [4.78, 5) is 4.33. The van der Waals surface area contributed by atoms with Gasteiger partial charge in [0.15, 0.2) is 0 Å². The first-order valence-corrected chi connectivity index (χ1v) is 4.67. The van der Waals surface area contributed by atoms with Crippen LogP contribution in [-0.4, -0.2) is 22.5 Å². The van der Waals surface area contributed by atoms with Crippen LogP contribution in [0.5, 0.6) is 0 Å². The molecule has 0 aliphatic carbocycles. The van der Waals surface area contributed by atoms with Gasteiger partial charge in [0.1, 0.15) is 0 Å². The molecule has 1 atom stereocenters. The van der Waals surface area contributed by atoms with E-state index in [9.17, 15) is 5.11 Å². The number of rotatable bonds is 4. The van der Waals surface area contributed by atoms with Gasteiger partial charge in [0, 0.05) is 52.1 Å². The first-order valence-electron chi connectivity index (χ1n) is 4.67. The first kappa shape index (κ1) is 16.4. The maximum absolute atomic E-state index is 9.90. The minimum atomic E-state index is -0.709. The quantitative estimate of drug-likeness (QED) is 0.793. The molecule has 78 valence electrons. The van der Waals surface area contributed by atoms with Crippen LogP contribution < -0.4 is 0 Å². The van der Waals surface area contributed by atoms with E-state index in [1.165, 1.54) is 0 Å². The third kappa shape index (κ3) is 6.96. The normalized spacial score (nSPS) is 16.7. The zero-order valence-electron chi connectivity index (χ0n) is 9.29. The second-order valence-electron chi connectivity index (χ2n) is 3.83. The van der Waals surface area contributed by atoms with Crippen molar-refractivity contribution in [3.63, 3.8) is 0 Å². The van der Waals surface area contributed by atoms with Crippen LogP contribution in [0.25, 0.3) is 0 Å². The molecule has 2 nitrogen and oxygen atoms in total. The Kier molecular flexibility index (Phi) is 9.19. The van der Waals surface area contributed by atoms with E-state index in [4.69, 9.17) is 0 Å². The van der Waals surface area contributed by atoms with Gasteiger partial charge in [-0.15, -0.1) is 0 Å². The fourth-order valence-corrected chi connectivity index (χ4v) is 1.19. The predicted octanol–water partition coefficient (Wildman–Crippen LogP) is 2.41. The molecule has 0 aromatic rings. The van der Waals surface area contributed by atoms with Crippen LogP contribution in [0.4, 0.5) is 0 Å². The van der Waals surface area contributed by atoms with E-state index in [1.807, 2.05) is 27.7 Å². The smallest absolute Gasteiger partial charge is 0.0991 e. The molecular weight excluding hydrogens is 300 g/mol. The number of aliphatic imine (C=N–C) groups is 1. The fourth-order valence-electron chi connectivity index (χ4n) is 1.19. The average molecular weight is 322 g/mol. The van der Waals surface area contributed by atoms with Gasteiger partial charge in [-0.3, -0.25) is 4.99 Å². The molecular formula is C10H21NOSm. The van der Waals surface area contributed by atoms with E-state index in [-0.39, 0.29) is 46.4 Å². The summed E-state index contributed by atoms with van der Waals surface area (Å²) in [6, 6.07) is 0.272. The molecule has 13 heavy (non-hydrogen) atoms. The Labute approximate surface area is 114 Å². The molecule has 0 aliphatic rings. The minimum absolute atomic E-state index is 0. The SMILES string of the molecule is CCCC(C)(O)C(C)=NC(C)C.[Sm]. The Balaban J connectivity index is 0. The molecule has 0 bridgehead atoms. The largest absolute Gasteiger partial charge is 0.384 e. The van der Waals surface area contributed by atoms with Gasteiger partial charge in [-0.05, 0) is 34.1 Å². The summed E-state index contributed by atoms with van der Waals surface area (Å²) in [6.45, 7) is 9.83. The van der Waals surface area contributed by atoms with Gasteiger partial charge in [0.05, 0.1) is 5.60 Å². The van der Waals surface area contributed by atoms with E-state index >= 15 is 0 Å². The maximum Gasteiger partial charge on any atom is 0.0991 e. The molecule has 3 heteroatoms. The summed E-state index contributed by atoms with van der Waals surface area (Å²) in [5.41, 5.74) is 0.137. The molecule has 0 rings (SSSR count). The summed E-state index contributed by atoms with van der Waals surface area (Å²) < 4.78 is 0. The Morgan fingerprint density at radius 3 is 2.23 bits per heavy atom. The van der Waals surface area contributed by atoms with Crippen molar-refractivity contribution >= 4 is 5.71 Å². The van der Waals surface area contributed by atoms with Crippen molar-refractivity contribution in [2.45, 2.75) is 59.1 Å². The summed E-state index contributed by atoms with van der Waals surface area (Å²) >= 11 is 0. The molecule has 0 aliphatic heterocycles. The Morgan fingerprint density at radius 1 is 1.46 bits per heavy atom. The summed E-state index contributed by atoms with van der Waals surface area (Å²) in [5.74, 6) is 0. The van der Waals surface area contributed by atoms with Gasteiger partial charge in [-0.2, -0.15) is 0 Å². The Hall–Kier alpha value is 0.968. The number of hydrogen-bond acceptors (Lipinski definition) is 2. The third-order valence-corrected chi connectivity index (χ3v) is 1.97. The molecule has 0 aromatic carbocycles. The number of nitrogens with zero attached hydrogens (tertiary/aromatic N) is 1. The fraction of sp³-hybridized carbons (Fsp3) is 0.900. The molecule has 0 spiro atoms. The second kappa shape index (κ2) is 7.28. The van der Waals surface area contributed by atoms with Crippen LogP contribution in [-0.2, 0) is 0 Å².